The summed E-state index contributed by atoms with van der Waals surface area (Å²) in [5.41, 5.74) is 1.57. The molecule has 0 aliphatic carbocycles. The number of carbonyl (C=O) groups is 1. The summed E-state index contributed by atoms with van der Waals surface area (Å²) in [6.07, 6.45) is 4.04. The zero-order valence-corrected chi connectivity index (χ0v) is 14.2. The van der Waals surface area contributed by atoms with Gasteiger partial charge in [0.2, 0.25) is 11.3 Å². The molecule has 0 saturated heterocycles. The molecule has 0 spiro atoms. The number of nitrogens with one attached hydrogen (secondary N) is 1. The van der Waals surface area contributed by atoms with E-state index in [0.29, 0.717) is 25.3 Å². The Balaban J connectivity index is 1.97. The van der Waals surface area contributed by atoms with Crippen LogP contribution in [0.1, 0.15) is 37.4 Å². The van der Waals surface area contributed by atoms with Crippen molar-refractivity contribution in [2.75, 3.05) is 0 Å². The van der Waals surface area contributed by atoms with Crippen molar-refractivity contribution in [3.63, 3.8) is 0 Å². The molecule has 0 bridgehead atoms. The van der Waals surface area contributed by atoms with E-state index in [1.165, 1.54) is 6.07 Å². The SMILES string of the molecule is CCCCC(=O)NCc1cc(=O)c(OCc2ccccc2)cn1C. The lowest BCUT2D eigenvalue weighted by Gasteiger charge is -2.12. The Morgan fingerprint density at radius 1 is 1.25 bits per heavy atom. The van der Waals surface area contributed by atoms with Crippen LogP contribution in [0, 0.1) is 0 Å². The van der Waals surface area contributed by atoms with E-state index >= 15 is 0 Å². The lowest BCUT2D eigenvalue weighted by molar-refractivity contribution is -0.121. The van der Waals surface area contributed by atoms with Gasteiger partial charge in [0.05, 0.1) is 12.7 Å². The number of hydrogen-bond acceptors (Lipinski definition) is 3. The second-order valence-corrected chi connectivity index (χ2v) is 5.76. The maximum absolute atomic E-state index is 12.2. The highest BCUT2D eigenvalue weighted by Crippen LogP contribution is 2.09. The van der Waals surface area contributed by atoms with Gasteiger partial charge in [-0.2, -0.15) is 0 Å². The van der Waals surface area contributed by atoms with Gasteiger partial charge < -0.3 is 14.6 Å². The molecule has 0 aliphatic rings. The average molecular weight is 328 g/mol. The number of benzene rings is 1. The monoisotopic (exact) mass is 328 g/mol. The summed E-state index contributed by atoms with van der Waals surface area (Å²) < 4.78 is 7.42. The quantitative estimate of drug-likeness (QED) is 0.810. The van der Waals surface area contributed by atoms with E-state index in [9.17, 15) is 9.59 Å². The average Bonchev–Trinajstić information content (AvgIpc) is 2.60. The first-order valence-electron chi connectivity index (χ1n) is 8.23. The number of aryl methyl sites for hydroxylation is 1. The largest absolute Gasteiger partial charge is 0.483 e. The van der Waals surface area contributed by atoms with Crippen molar-refractivity contribution >= 4 is 5.91 Å². The fraction of sp³-hybridized carbons (Fsp3) is 0.368. The highest BCUT2D eigenvalue weighted by atomic mass is 16.5. The molecular weight excluding hydrogens is 304 g/mol. The summed E-state index contributed by atoms with van der Waals surface area (Å²) in [4.78, 5) is 23.9. The van der Waals surface area contributed by atoms with Gasteiger partial charge in [0, 0.05) is 25.2 Å². The number of aromatic nitrogens is 1. The van der Waals surface area contributed by atoms with Gasteiger partial charge in [0.1, 0.15) is 6.61 Å². The smallest absolute Gasteiger partial charge is 0.223 e. The van der Waals surface area contributed by atoms with Crippen LogP contribution in [0.5, 0.6) is 5.75 Å². The maximum atomic E-state index is 12.2. The Morgan fingerprint density at radius 2 is 2.00 bits per heavy atom. The van der Waals surface area contributed by atoms with Gasteiger partial charge in [-0.15, -0.1) is 0 Å². The van der Waals surface area contributed by atoms with E-state index in [4.69, 9.17) is 4.74 Å². The third-order valence-electron chi connectivity index (χ3n) is 3.77. The molecule has 1 aromatic carbocycles. The van der Waals surface area contributed by atoms with Gasteiger partial charge in [-0.1, -0.05) is 43.7 Å². The van der Waals surface area contributed by atoms with Gasteiger partial charge >= 0.3 is 0 Å². The molecule has 1 N–H and O–H groups in total. The van der Waals surface area contributed by atoms with E-state index in [1.807, 2.05) is 48.9 Å². The molecule has 5 nitrogen and oxygen atoms in total. The first kappa shape index (κ1) is 17.8. The molecule has 0 saturated carbocycles. The summed E-state index contributed by atoms with van der Waals surface area (Å²) >= 11 is 0. The number of carbonyl (C=O) groups excluding carboxylic acids is 1. The van der Waals surface area contributed by atoms with Crippen molar-refractivity contribution in [3.05, 3.63) is 64.1 Å². The van der Waals surface area contributed by atoms with Crippen molar-refractivity contribution in [2.45, 2.75) is 39.3 Å². The number of amides is 1. The van der Waals surface area contributed by atoms with Crippen molar-refractivity contribution in [3.8, 4) is 5.75 Å². The maximum Gasteiger partial charge on any atom is 0.223 e. The van der Waals surface area contributed by atoms with E-state index in [0.717, 1.165) is 24.1 Å². The Hall–Kier alpha value is -2.56. The summed E-state index contributed by atoms with van der Waals surface area (Å²) in [6, 6.07) is 11.2. The fourth-order valence-corrected chi connectivity index (χ4v) is 2.28. The molecular formula is C19H24N2O3. The lowest BCUT2D eigenvalue weighted by atomic mass is 10.2. The molecule has 0 radical (unpaired) electrons. The van der Waals surface area contributed by atoms with Crippen LogP contribution in [0.2, 0.25) is 0 Å². The highest BCUT2D eigenvalue weighted by molar-refractivity contribution is 5.75. The van der Waals surface area contributed by atoms with Gasteiger partial charge in [-0.05, 0) is 12.0 Å². The zero-order valence-electron chi connectivity index (χ0n) is 14.2. The number of ether oxygens (including phenoxy) is 1. The van der Waals surface area contributed by atoms with Gasteiger partial charge in [0.25, 0.3) is 0 Å². The van der Waals surface area contributed by atoms with Crippen LogP contribution in [-0.2, 0) is 25.0 Å². The third-order valence-corrected chi connectivity index (χ3v) is 3.77. The summed E-state index contributed by atoms with van der Waals surface area (Å²) in [7, 11) is 1.84. The van der Waals surface area contributed by atoms with Crippen LogP contribution in [0.3, 0.4) is 0 Å². The van der Waals surface area contributed by atoms with E-state index in [1.54, 1.807) is 6.20 Å². The van der Waals surface area contributed by atoms with Crippen LogP contribution in [0.4, 0.5) is 0 Å². The summed E-state index contributed by atoms with van der Waals surface area (Å²) in [5.74, 6) is 0.316. The minimum atomic E-state index is -0.179. The number of rotatable bonds is 8. The Kier molecular flexibility index (Phi) is 6.61. The Morgan fingerprint density at radius 3 is 2.71 bits per heavy atom. The van der Waals surface area contributed by atoms with Gasteiger partial charge in [0.15, 0.2) is 5.75 Å². The lowest BCUT2D eigenvalue weighted by Crippen LogP contribution is -2.25. The van der Waals surface area contributed by atoms with Crippen LogP contribution < -0.4 is 15.5 Å². The number of hydrogen-bond donors (Lipinski definition) is 1. The van der Waals surface area contributed by atoms with Crippen LogP contribution >= 0.6 is 0 Å². The molecule has 128 valence electrons. The van der Waals surface area contributed by atoms with E-state index in [-0.39, 0.29) is 11.3 Å². The second-order valence-electron chi connectivity index (χ2n) is 5.76. The molecule has 5 heteroatoms. The van der Waals surface area contributed by atoms with Crippen molar-refractivity contribution < 1.29 is 9.53 Å². The molecule has 24 heavy (non-hydrogen) atoms. The molecule has 0 aliphatic heterocycles. The molecule has 2 aromatic rings. The number of unbranched alkanes of at least 4 members (excludes halogenated alkanes) is 1. The predicted molar refractivity (Wildman–Crippen MR) is 93.8 cm³/mol. The first-order valence-corrected chi connectivity index (χ1v) is 8.23. The molecule has 1 heterocycles. The predicted octanol–water partition coefficient (Wildman–Crippen LogP) is 2.77. The van der Waals surface area contributed by atoms with Crippen molar-refractivity contribution in [1.82, 2.24) is 9.88 Å². The van der Waals surface area contributed by atoms with Crippen molar-refractivity contribution in [2.24, 2.45) is 7.05 Å². The minimum Gasteiger partial charge on any atom is -0.483 e. The number of pyridine rings is 1. The molecule has 2 rings (SSSR count). The topological polar surface area (TPSA) is 60.3 Å². The van der Waals surface area contributed by atoms with Crippen LogP contribution in [-0.4, -0.2) is 10.5 Å². The first-order chi connectivity index (χ1) is 11.6. The normalized spacial score (nSPS) is 10.4. The molecule has 1 amide bonds. The van der Waals surface area contributed by atoms with E-state index < -0.39 is 0 Å². The Bertz CT molecular complexity index is 723. The number of nitrogens with zero attached hydrogens (tertiary/aromatic N) is 1. The minimum absolute atomic E-state index is 0.00806. The standard InChI is InChI=1S/C19H24N2O3/c1-3-4-10-19(23)20-12-16-11-17(22)18(13-21(16)2)24-14-15-8-6-5-7-9-15/h5-9,11,13H,3-4,10,12,14H2,1-2H3,(H,20,23). The molecule has 1 aromatic heterocycles. The highest BCUT2D eigenvalue weighted by Gasteiger charge is 2.07. The van der Waals surface area contributed by atoms with Crippen LogP contribution in [0.15, 0.2) is 47.4 Å². The second kappa shape index (κ2) is 8.91. The fourth-order valence-electron chi connectivity index (χ4n) is 2.28. The molecule has 0 unspecified atom stereocenters. The molecule has 0 atom stereocenters. The zero-order chi connectivity index (χ0) is 17.4. The Labute approximate surface area is 142 Å². The van der Waals surface area contributed by atoms with Gasteiger partial charge in [-0.25, -0.2) is 0 Å². The van der Waals surface area contributed by atoms with Gasteiger partial charge in [-0.3, -0.25) is 9.59 Å². The van der Waals surface area contributed by atoms with E-state index in [2.05, 4.69) is 5.32 Å². The third kappa shape index (κ3) is 5.26. The van der Waals surface area contributed by atoms with Crippen LogP contribution in [0.25, 0.3) is 0 Å². The van der Waals surface area contributed by atoms with Crippen molar-refractivity contribution in [1.29, 1.82) is 0 Å². The summed E-state index contributed by atoms with van der Waals surface area (Å²) in [6.45, 7) is 2.74. The summed E-state index contributed by atoms with van der Waals surface area (Å²) in [5, 5.41) is 2.84. The molecule has 0 fully saturated rings.